The van der Waals surface area contributed by atoms with E-state index in [1.54, 1.807) is 12.1 Å². The molecule has 0 fully saturated rings. The van der Waals surface area contributed by atoms with E-state index in [4.69, 9.17) is 16.6 Å². The van der Waals surface area contributed by atoms with Crippen molar-refractivity contribution in [2.45, 2.75) is 19.5 Å². The predicted octanol–water partition coefficient (Wildman–Crippen LogP) is 5.23. The fraction of sp³-hybridized carbons (Fsp3) is 0.130. The molecule has 0 saturated heterocycles. The lowest BCUT2D eigenvalue weighted by Crippen LogP contribution is -2.28. The van der Waals surface area contributed by atoms with Gasteiger partial charge >= 0.3 is 0 Å². The first-order valence-electron chi connectivity index (χ1n) is 9.17. The monoisotopic (exact) mass is 389 g/mol. The Kier molecular flexibility index (Phi) is 5.13. The molecule has 1 atom stereocenters. The summed E-state index contributed by atoms with van der Waals surface area (Å²) >= 11 is 6.16. The minimum Gasteiger partial charge on any atom is -0.342 e. The number of halogens is 1. The molecular formula is C23H20ClN3O. The van der Waals surface area contributed by atoms with Gasteiger partial charge in [-0.25, -0.2) is 4.98 Å². The highest BCUT2D eigenvalue weighted by Crippen LogP contribution is 2.23. The van der Waals surface area contributed by atoms with Crippen LogP contribution in [0.5, 0.6) is 0 Å². The second kappa shape index (κ2) is 7.87. The Morgan fingerprint density at radius 2 is 1.79 bits per heavy atom. The molecule has 4 rings (SSSR count). The largest absolute Gasteiger partial charge is 0.342 e. The van der Waals surface area contributed by atoms with Crippen LogP contribution in [0.4, 0.5) is 0 Å². The third-order valence-corrected chi connectivity index (χ3v) is 4.92. The van der Waals surface area contributed by atoms with Crippen LogP contribution in [0.3, 0.4) is 0 Å². The van der Waals surface area contributed by atoms with Crippen molar-refractivity contribution in [2.75, 3.05) is 0 Å². The number of hydrogen-bond donors (Lipinski definition) is 1. The molecular weight excluding hydrogens is 370 g/mol. The van der Waals surface area contributed by atoms with Crippen LogP contribution in [0.15, 0.2) is 78.9 Å². The second-order valence-corrected chi connectivity index (χ2v) is 7.17. The van der Waals surface area contributed by atoms with Crippen molar-refractivity contribution in [1.29, 1.82) is 0 Å². The Morgan fingerprint density at radius 3 is 2.57 bits per heavy atom. The van der Waals surface area contributed by atoms with Crippen LogP contribution in [0, 0.1) is 0 Å². The molecule has 0 unspecified atom stereocenters. The number of benzene rings is 3. The van der Waals surface area contributed by atoms with E-state index in [2.05, 4.69) is 9.88 Å². The summed E-state index contributed by atoms with van der Waals surface area (Å²) in [5, 5.41) is 3.77. The molecule has 28 heavy (non-hydrogen) atoms. The highest BCUT2D eigenvalue weighted by Gasteiger charge is 2.19. The molecule has 4 nitrogen and oxygen atoms in total. The van der Waals surface area contributed by atoms with Gasteiger partial charge in [0, 0.05) is 17.1 Å². The van der Waals surface area contributed by atoms with Gasteiger partial charge in [-0.3, -0.25) is 4.79 Å². The summed E-state index contributed by atoms with van der Waals surface area (Å²) < 4.78 is 2.14. The van der Waals surface area contributed by atoms with Gasteiger partial charge in [-0.15, -0.1) is 0 Å². The molecule has 0 radical (unpaired) electrons. The summed E-state index contributed by atoms with van der Waals surface area (Å²) in [5.41, 5.74) is 3.64. The number of carbonyl (C=O) groups is 1. The number of hydrogen-bond acceptors (Lipinski definition) is 2. The van der Waals surface area contributed by atoms with E-state index < -0.39 is 0 Å². The first kappa shape index (κ1) is 18.3. The van der Waals surface area contributed by atoms with Gasteiger partial charge in [-0.1, -0.05) is 54.1 Å². The number of carbonyl (C=O) groups excluding carboxylic acids is 1. The zero-order valence-corrected chi connectivity index (χ0v) is 16.2. The lowest BCUT2D eigenvalue weighted by Gasteiger charge is -2.17. The molecule has 1 heterocycles. The topological polar surface area (TPSA) is 46.9 Å². The van der Waals surface area contributed by atoms with Crippen molar-refractivity contribution in [3.05, 3.63) is 101 Å². The number of rotatable bonds is 5. The molecule has 0 bridgehead atoms. The van der Waals surface area contributed by atoms with E-state index in [9.17, 15) is 4.79 Å². The van der Waals surface area contributed by atoms with Gasteiger partial charge in [-0.05, 0) is 48.9 Å². The molecule has 140 valence electrons. The van der Waals surface area contributed by atoms with Crippen molar-refractivity contribution >= 4 is 28.5 Å². The van der Waals surface area contributed by atoms with Crippen LogP contribution < -0.4 is 5.32 Å². The molecule has 0 aliphatic rings. The number of amides is 1. The first-order chi connectivity index (χ1) is 13.6. The fourth-order valence-corrected chi connectivity index (χ4v) is 3.56. The van der Waals surface area contributed by atoms with Gasteiger partial charge in [0.05, 0.1) is 17.1 Å². The van der Waals surface area contributed by atoms with Crippen LogP contribution in [0.1, 0.15) is 34.7 Å². The zero-order chi connectivity index (χ0) is 19.5. The van der Waals surface area contributed by atoms with Crippen molar-refractivity contribution in [1.82, 2.24) is 14.9 Å². The van der Waals surface area contributed by atoms with Gasteiger partial charge in [0.2, 0.25) is 0 Å². The molecule has 1 amide bonds. The molecule has 4 aromatic rings. The molecule has 1 N–H and O–H groups in total. The maximum absolute atomic E-state index is 12.6. The summed E-state index contributed by atoms with van der Waals surface area (Å²) in [7, 11) is 0. The van der Waals surface area contributed by atoms with Crippen molar-refractivity contribution in [3.63, 3.8) is 0 Å². The van der Waals surface area contributed by atoms with Crippen LogP contribution in [0.2, 0.25) is 5.02 Å². The number of para-hydroxylation sites is 2. The number of nitrogens with one attached hydrogen (secondary N) is 1. The van der Waals surface area contributed by atoms with Gasteiger partial charge in [0.25, 0.3) is 5.91 Å². The molecule has 0 saturated carbocycles. The van der Waals surface area contributed by atoms with E-state index in [1.165, 1.54) is 0 Å². The Morgan fingerprint density at radius 1 is 1.04 bits per heavy atom. The summed E-state index contributed by atoms with van der Waals surface area (Å²) in [6.07, 6.45) is 0. The quantitative estimate of drug-likeness (QED) is 0.508. The minimum atomic E-state index is -0.251. The number of fused-ring (bicyclic) bond motifs is 1. The number of aromatic nitrogens is 2. The van der Waals surface area contributed by atoms with Crippen LogP contribution in [-0.2, 0) is 6.54 Å². The average Bonchev–Trinajstić information content (AvgIpc) is 3.07. The third-order valence-electron chi connectivity index (χ3n) is 4.68. The van der Waals surface area contributed by atoms with E-state index in [-0.39, 0.29) is 11.9 Å². The predicted molar refractivity (Wildman–Crippen MR) is 113 cm³/mol. The Hall–Kier alpha value is -3.11. The fourth-order valence-electron chi connectivity index (χ4n) is 3.34. The third kappa shape index (κ3) is 3.78. The Balaban J connectivity index is 1.68. The minimum absolute atomic E-state index is 0.116. The van der Waals surface area contributed by atoms with E-state index in [0.717, 1.165) is 22.4 Å². The highest BCUT2D eigenvalue weighted by atomic mass is 35.5. The summed E-state index contributed by atoms with van der Waals surface area (Å²) in [6.45, 7) is 2.58. The molecule has 0 aliphatic carbocycles. The number of nitrogens with zero attached hydrogens (tertiary/aromatic N) is 2. The maximum atomic E-state index is 12.6. The van der Waals surface area contributed by atoms with E-state index >= 15 is 0 Å². The summed E-state index contributed by atoms with van der Waals surface area (Å²) in [5.74, 6) is 0.694. The second-order valence-electron chi connectivity index (χ2n) is 6.74. The average molecular weight is 390 g/mol. The maximum Gasteiger partial charge on any atom is 0.251 e. The van der Waals surface area contributed by atoms with Gasteiger partial charge in [-0.2, -0.15) is 0 Å². The highest BCUT2D eigenvalue weighted by molar-refractivity contribution is 6.30. The standard InChI is InChI=1S/C23H20ClN3O/c1-16(25-23(28)18-9-3-2-4-10-18)22-26-20-12-5-6-13-21(20)27(22)15-17-8-7-11-19(24)14-17/h2-14,16H,15H2,1H3,(H,25,28)/t16-/m1/s1. The van der Waals surface area contributed by atoms with Crippen molar-refractivity contribution in [3.8, 4) is 0 Å². The Labute approximate surface area is 168 Å². The van der Waals surface area contributed by atoms with Crippen LogP contribution in [-0.4, -0.2) is 15.5 Å². The zero-order valence-electron chi connectivity index (χ0n) is 15.5. The summed E-state index contributed by atoms with van der Waals surface area (Å²) in [6, 6.07) is 24.7. The van der Waals surface area contributed by atoms with Crippen LogP contribution >= 0.6 is 11.6 Å². The Bertz CT molecular complexity index is 1120. The van der Waals surface area contributed by atoms with E-state index in [1.807, 2.05) is 73.7 Å². The smallest absolute Gasteiger partial charge is 0.251 e. The van der Waals surface area contributed by atoms with Gasteiger partial charge < -0.3 is 9.88 Å². The first-order valence-corrected chi connectivity index (χ1v) is 9.55. The lowest BCUT2D eigenvalue weighted by molar-refractivity contribution is 0.0938. The molecule has 0 spiro atoms. The van der Waals surface area contributed by atoms with Crippen molar-refractivity contribution in [2.24, 2.45) is 0 Å². The van der Waals surface area contributed by atoms with Crippen molar-refractivity contribution < 1.29 is 4.79 Å². The molecule has 3 aromatic carbocycles. The van der Waals surface area contributed by atoms with Gasteiger partial charge in [0.15, 0.2) is 0 Å². The molecule has 1 aromatic heterocycles. The van der Waals surface area contributed by atoms with Gasteiger partial charge in [0.1, 0.15) is 5.82 Å². The van der Waals surface area contributed by atoms with Crippen LogP contribution in [0.25, 0.3) is 11.0 Å². The lowest BCUT2D eigenvalue weighted by atomic mass is 10.2. The summed E-state index contributed by atoms with van der Waals surface area (Å²) in [4.78, 5) is 17.4. The normalized spacial score (nSPS) is 12.1. The molecule has 5 heteroatoms. The van der Waals surface area contributed by atoms with E-state index in [0.29, 0.717) is 17.1 Å². The number of imidazole rings is 1. The SMILES string of the molecule is C[C@@H](NC(=O)c1ccccc1)c1nc2ccccc2n1Cc1cccc(Cl)c1. The molecule has 0 aliphatic heterocycles.